The molecule has 0 saturated carbocycles. The molecular formula is C20H20Br2N2O5. The first-order valence-corrected chi connectivity index (χ1v) is 10.1. The van der Waals surface area contributed by atoms with Crippen LogP contribution in [-0.4, -0.2) is 22.3 Å². The number of halogens is 2. The van der Waals surface area contributed by atoms with E-state index < -0.39 is 24.0 Å². The second-order valence-electron chi connectivity index (χ2n) is 6.34. The number of hydrogen-bond donors (Lipinski definition) is 4. The Hall–Kier alpha value is -2.36. The smallest absolute Gasteiger partial charge is 0.412 e. The van der Waals surface area contributed by atoms with E-state index in [9.17, 15) is 14.7 Å². The van der Waals surface area contributed by atoms with E-state index in [1.165, 1.54) is 11.6 Å². The van der Waals surface area contributed by atoms with E-state index >= 15 is 0 Å². The molecule has 0 fully saturated rings. The average molecular weight is 528 g/mol. The largest absolute Gasteiger partial charge is 0.506 e. The van der Waals surface area contributed by atoms with Crippen LogP contribution in [0.1, 0.15) is 24.2 Å². The Kier molecular flexibility index (Phi) is 8.24. The van der Waals surface area contributed by atoms with Gasteiger partial charge in [0.1, 0.15) is 11.9 Å². The van der Waals surface area contributed by atoms with E-state index in [0.29, 0.717) is 20.2 Å². The van der Waals surface area contributed by atoms with Crippen molar-refractivity contribution in [3.63, 3.8) is 0 Å². The van der Waals surface area contributed by atoms with Crippen LogP contribution in [0.15, 0.2) is 57.5 Å². The molecule has 0 bridgehead atoms. The van der Waals surface area contributed by atoms with Crippen LogP contribution in [-0.2, 0) is 9.53 Å². The minimum atomic E-state index is -0.919. The number of anilines is 1. The molecule has 2 aromatic carbocycles. The third-order valence-corrected chi connectivity index (χ3v) is 5.10. The molecule has 9 heteroatoms. The number of aryl methyl sites for hydroxylation is 1. The van der Waals surface area contributed by atoms with Crippen LogP contribution >= 0.6 is 31.9 Å². The molecule has 154 valence electrons. The Bertz CT molecular complexity index is 916. The molecule has 2 aromatic rings. The highest BCUT2D eigenvalue weighted by molar-refractivity contribution is 9.11. The van der Waals surface area contributed by atoms with Crippen LogP contribution < -0.4 is 10.8 Å². The lowest BCUT2D eigenvalue weighted by Crippen LogP contribution is -2.22. The predicted octanol–water partition coefficient (Wildman–Crippen LogP) is 5.21. The molecule has 0 aromatic heterocycles. The van der Waals surface area contributed by atoms with Crippen molar-refractivity contribution in [3.05, 3.63) is 68.6 Å². The minimum Gasteiger partial charge on any atom is -0.506 e. The second kappa shape index (κ2) is 10.4. The number of nitrogens with one attached hydrogen (secondary N) is 2. The van der Waals surface area contributed by atoms with Crippen LogP contribution in [0.25, 0.3) is 0 Å². The predicted molar refractivity (Wildman–Crippen MR) is 116 cm³/mol. The number of ether oxygens (including phenoxy) is 1. The highest BCUT2D eigenvalue weighted by Crippen LogP contribution is 2.40. The van der Waals surface area contributed by atoms with E-state index in [1.54, 1.807) is 31.2 Å². The summed E-state index contributed by atoms with van der Waals surface area (Å²) in [6.45, 7) is 3.64. The van der Waals surface area contributed by atoms with Gasteiger partial charge in [0.15, 0.2) is 0 Å². The maximum Gasteiger partial charge on any atom is 0.412 e. The normalized spacial score (nSPS) is 13.0. The molecule has 7 nitrogen and oxygen atoms in total. The topological polar surface area (TPSA) is 108 Å². The van der Waals surface area contributed by atoms with Crippen LogP contribution in [0, 0.1) is 12.8 Å². The van der Waals surface area contributed by atoms with E-state index in [2.05, 4.69) is 37.2 Å². The van der Waals surface area contributed by atoms with Gasteiger partial charge in [0.25, 0.3) is 5.91 Å². The summed E-state index contributed by atoms with van der Waals surface area (Å²) in [4.78, 5) is 23.8. The van der Waals surface area contributed by atoms with Gasteiger partial charge in [-0.1, -0.05) is 46.6 Å². The lowest BCUT2D eigenvalue weighted by atomic mass is 9.96. The van der Waals surface area contributed by atoms with Gasteiger partial charge in [-0.05, 0) is 47.1 Å². The van der Waals surface area contributed by atoms with Crippen molar-refractivity contribution in [2.24, 2.45) is 5.92 Å². The van der Waals surface area contributed by atoms with Crippen molar-refractivity contribution in [2.75, 3.05) is 5.32 Å². The van der Waals surface area contributed by atoms with Gasteiger partial charge >= 0.3 is 6.09 Å². The molecule has 0 spiro atoms. The molecule has 2 amide bonds. The van der Waals surface area contributed by atoms with Crippen molar-refractivity contribution >= 4 is 49.5 Å². The van der Waals surface area contributed by atoms with Gasteiger partial charge in [0.05, 0.1) is 4.47 Å². The molecular weight excluding hydrogens is 508 g/mol. The second-order valence-corrected chi connectivity index (χ2v) is 8.11. The van der Waals surface area contributed by atoms with E-state index in [0.717, 1.165) is 11.6 Å². The van der Waals surface area contributed by atoms with Crippen molar-refractivity contribution in [3.8, 4) is 5.75 Å². The fraction of sp³-hybridized carbons (Fsp3) is 0.200. The molecule has 0 aliphatic rings. The van der Waals surface area contributed by atoms with Gasteiger partial charge in [0.2, 0.25) is 0 Å². The average Bonchev–Trinajstić information content (AvgIpc) is 2.68. The van der Waals surface area contributed by atoms with Gasteiger partial charge in [-0.3, -0.25) is 15.3 Å². The third-order valence-electron chi connectivity index (χ3n) is 4.04. The zero-order valence-corrected chi connectivity index (χ0v) is 18.8. The van der Waals surface area contributed by atoms with E-state index in [4.69, 9.17) is 9.94 Å². The Morgan fingerprint density at radius 2 is 1.83 bits per heavy atom. The van der Waals surface area contributed by atoms with Gasteiger partial charge in [-0.2, -0.15) is 0 Å². The highest BCUT2D eigenvalue weighted by atomic mass is 79.9. The first-order valence-electron chi connectivity index (χ1n) is 8.55. The summed E-state index contributed by atoms with van der Waals surface area (Å²) in [6, 6.07) is 10.5. The Morgan fingerprint density at radius 1 is 1.17 bits per heavy atom. The number of carbonyl (C=O) groups excluding carboxylic acids is 2. The molecule has 0 radical (unpaired) electrons. The van der Waals surface area contributed by atoms with Crippen molar-refractivity contribution in [1.82, 2.24) is 5.48 Å². The fourth-order valence-electron chi connectivity index (χ4n) is 2.53. The van der Waals surface area contributed by atoms with Gasteiger partial charge < -0.3 is 9.84 Å². The lowest BCUT2D eigenvalue weighted by Gasteiger charge is -2.24. The van der Waals surface area contributed by atoms with E-state index in [-0.39, 0.29) is 5.75 Å². The summed E-state index contributed by atoms with van der Waals surface area (Å²) in [5.74, 6) is -1.32. The number of rotatable bonds is 6. The Balaban J connectivity index is 2.31. The van der Waals surface area contributed by atoms with Crippen molar-refractivity contribution in [2.45, 2.75) is 20.0 Å². The van der Waals surface area contributed by atoms with Gasteiger partial charge in [-0.15, -0.1) is 0 Å². The maximum atomic E-state index is 12.5. The number of hydroxylamine groups is 1. The molecule has 2 atom stereocenters. The molecule has 29 heavy (non-hydrogen) atoms. The van der Waals surface area contributed by atoms with Gasteiger partial charge in [0, 0.05) is 27.7 Å². The fourth-order valence-corrected chi connectivity index (χ4v) is 3.79. The molecule has 0 aliphatic heterocycles. The summed E-state index contributed by atoms with van der Waals surface area (Å²) in [7, 11) is 0. The molecule has 4 N–H and O–H groups in total. The summed E-state index contributed by atoms with van der Waals surface area (Å²) in [5.41, 5.74) is 3.44. The van der Waals surface area contributed by atoms with E-state index in [1.807, 2.05) is 19.1 Å². The molecule has 0 saturated heterocycles. The highest BCUT2D eigenvalue weighted by Gasteiger charge is 2.26. The first kappa shape index (κ1) is 22.9. The molecule has 2 rings (SSSR count). The van der Waals surface area contributed by atoms with Crippen LogP contribution in [0.4, 0.5) is 10.5 Å². The molecule has 0 heterocycles. The lowest BCUT2D eigenvalue weighted by molar-refractivity contribution is -0.124. The molecule has 0 aliphatic carbocycles. The number of carbonyl (C=O) groups is 2. The number of hydrogen-bond acceptors (Lipinski definition) is 5. The van der Waals surface area contributed by atoms with Crippen LogP contribution in [0.3, 0.4) is 0 Å². The van der Waals surface area contributed by atoms with Crippen LogP contribution in [0.5, 0.6) is 5.75 Å². The van der Waals surface area contributed by atoms with Gasteiger partial charge in [-0.25, -0.2) is 10.3 Å². The summed E-state index contributed by atoms with van der Waals surface area (Å²) >= 11 is 6.62. The Labute approximate surface area is 185 Å². The quantitative estimate of drug-likeness (QED) is 0.234. The zero-order chi connectivity index (χ0) is 21.6. The van der Waals surface area contributed by atoms with Crippen molar-refractivity contribution in [1.29, 1.82) is 0 Å². The molecule has 0 unspecified atom stereocenters. The third kappa shape index (κ3) is 6.59. The standard InChI is InChI=1S/C20H20Br2N2O5/c1-11-3-6-14(7-4-11)23-20(27)29-19(12(2)5-8-17(25)24-28)15-9-13(21)10-16(22)18(15)26/h3-10,12,19,26,28H,1-2H3,(H,23,27)(H,24,25)/b8-5+/t12-,19+/m0/s1. The summed E-state index contributed by atoms with van der Waals surface area (Å²) < 4.78 is 6.67. The first-order chi connectivity index (χ1) is 13.7. The number of benzene rings is 2. The number of phenols is 1. The minimum absolute atomic E-state index is 0.0896. The number of phenolic OH excluding ortho intramolecular Hbond substituents is 1. The maximum absolute atomic E-state index is 12.5. The number of amides is 2. The summed E-state index contributed by atoms with van der Waals surface area (Å²) in [6.07, 6.45) is 0.935. The zero-order valence-electron chi connectivity index (χ0n) is 15.6. The van der Waals surface area contributed by atoms with Crippen LogP contribution in [0.2, 0.25) is 0 Å². The Morgan fingerprint density at radius 3 is 2.45 bits per heavy atom. The SMILES string of the molecule is Cc1ccc(NC(=O)O[C@@H](c2cc(Br)cc(Br)c2O)[C@@H](C)/C=C/C(=O)NO)cc1. The van der Waals surface area contributed by atoms with Crippen molar-refractivity contribution < 1.29 is 24.6 Å². The summed E-state index contributed by atoms with van der Waals surface area (Å²) in [5, 5.41) is 21.8. The number of aromatic hydroxyl groups is 1. The monoisotopic (exact) mass is 526 g/mol.